The maximum atomic E-state index is 13.6. The molecule has 0 saturated carbocycles. The van der Waals surface area contributed by atoms with Gasteiger partial charge in [-0.2, -0.15) is 0 Å². The number of hydrogen-bond donors (Lipinski definition) is 0. The highest BCUT2D eigenvalue weighted by molar-refractivity contribution is 5.97. The van der Waals surface area contributed by atoms with Crippen molar-refractivity contribution in [2.45, 2.75) is 33.4 Å². The first kappa shape index (κ1) is 23.6. The molecular formula is C27H28N2O7. The number of amides is 2. The summed E-state index contributed by atoms with van der Waals surface area (Å²) in [4.78, 5) is 30.2. The van der Waals surface area contributed by atoms with Gasteiger partial charge in [-0.05, 0) is 61.4 Å². The van der Waals surface area contributed by atoms with E-state index < -0.39 is 0 Å². The molecule has 2 aliphatic rings. The van der Waals surface area contributed by atoms with Gasteiger partial charge in [-0.3, -0.25) is 9.59 Å². The lowest BCUT2D eigenvalue weighted by Crippen LogP contribution is -2.42. The maximum absolute atomic E-state index is 13.6. The van der Waals surface area contributed by atoms with Gasteiger partial charge in [0.05, 0.1) is 6.54 Å². The van der Waals surface area contributed by atoms with E-state index in [2.05, 4.69) is 0 Å². The predicted molar refractivity (Wildman–Crippen MR) is 129 cm³/mol. The average molecular weight is 493 g/mol. The first-order valence-electron chi connectivity index (χ1n) is 11.9. The summed E-state index contributed by atoms with van der Waals surface area (Å²) in [6, 6.07) is 14.4. The van der Waals surface area contributed by atoms with Gasteiger partial charge < -0.3 is 33.2 Å². The zero-order valence-corrected chi connectivity index (χ0v) is 20.3. The second kappa shape index (κ2) is 10.2. The van der Waals surface area contributed by atoms with E-state index in [0.717, 1.165) is 11.3 Å². The summed E-state index contributed by atoms with van der Waals surface area (Å²) in [7, 11) is 0. The first-order chi connectivity index (χ1) is 17.5. The summed E-state index contributed by atoms with van der Waals surface area (Å²) in [5, 5.41) is 0. The number of fused-ring (bicyclic) bond motifs is 2. The van der Waals surface area contributed by atoms with E-state index in [1.807, 2.05) is 44.2 Å². The Morgan fingerprint density at radius 3 is 2.19 bits per heavy atom. The van der Waals surface area contributed by atoms with Crippen molar-refractivity contribution in [2.24, 2.45) is 0 Å². The van der Waals surface area contributed by atoms with E-state index in [1.165, 1.54) is 0 Å². The highest BCUT2D eigenvalue weighted by atomic mass is 16.7. The maximum Gasteiger partial charge on any atom is 0.254 e. The van der Waals surface area contributed by atoms with Crippen molar-refractivity contribution in [3.05, 3.63) is 71.2 Å². The number of carbonyl (C=O) groups is 2. The van der Waals surface area contributed by atoms with Crippen LogP contribution in [0, 0.1) is 6.92 Å². The molecule has 3 aromatic rings. The van der Waals surface area contributed by atoms with Crippen LogP contribution in [0.3, 0.4) is 0 Å². The van der Waals surface area contributed by atoms with Gasteiger partial charge in [-0.25, -0.2) is 0 Å². The molecule has 0 saturated heterocycles. The monoisotopic (exact) mass is 492 g/mol. The zero-order chi connectivity index (χ0) is 25.1. The lowest BCUT2D eigenvalue weighted by atomic mass is 10.1. The number of nitrogens with zero attached hydrogens (tertiary/aromatic N) is 2. The molecule has 0 atom stereocenters. The molecule has 188 valence electrons. The SMILES string of the molecule is CCCN(CC(=O)N(Cc1ccc2c(c1)OCO2)Cc1ccc(C)o1)C(=O)c1ccc2c(c1)OCO2. The van der Waals surface area contributed by atoms with E-state index in [9.17, 15) is 9.59 Å². The van der Waals surface area contributed by atoms with Crippen molar-refractivity contribution >= 4 is 11.8 Å². The van der Waals surface area contributed by atoms with Crippen molar-refractivity contribution in [3.63, 3.8) is 0 Å². The summed E-state index contributed by atoms with van der Waals surface area (Å²) in [6.45, 7) is 5.13. The number of furan rings is 1. The van der Waals surface area contributed by atoms with Crippen molar-refractivity contribution in [1.29, 1.82) is 0 Å². The van der Waals surface area contributed by atoms with Crippen LogP contribution in [-0.4, -0.2) is 48.3 Å². The van der Waals surface area contributed by atoms with Crippen LogP contribution in [0.15, 0.2) is 52.9 Å². The predicted octanol–water partition coefficient (Wildman–Crippen LogP) is 4.13. The van der Waals surface area contributed by atoms with Crippen LogP contribution in [0.1, 0.15) is 40.8 Å². The molecule has 9 heteroatoms. The van der Waals surface area contributed by atoms with E-state index in [1.54, 1.807) is 28.0 Å². The number of ether oxygens (including phenoxy) is 4. The molecule has 2 amide bonds. The third kappa shape index (κ3) is 5.10. The van der Waals surface area contributed by atoms with Crippen LogP contribution in [0.2, 0.25) is 0 Å². The number of carbonyl (C=O) groups excluding carboxylic acids is 2. The van der Waals surface area contributed by atoms with Crippen LogP contribution in [0.25, 0.3) is 0 Å². The Kier molecular flexibility index (Phi) is 6.71. The van der Waals surface area contributed by atoms with Gasteiger partial charge in [0.15, 0.2) is 23.0 Å². The third-order valence-corrected chi connectivity index (χ3v) is 6.03. The lowest BCUT2D eigenvalue weighted by molar-refractivity contribution is -0.133. The fourth-order valence-electron chi connectivity index (χ4n) is 4.25. The first-order valence-corrected chi connectivity index (χ1v) is 11.9. The molecule has 0 spiro atoms. The summed E-state index contributed by atoms with van der Waals surface area (Å²) < 4.78 is 27.4. The Morgan fingerprint density at radius 1 is 0.806 bits per heavy atom. The molecule has 2 aliphatic heterocycles. The number of benzene rings is 2. The molecule has 0 N–H and O–H groups in total. The van der Waals surface area contributed by atoms with Crippen LogP contribution in [0.5, 0.6) is 23.0 Å². The Hall–Kier alpha value is -4.14. The molecule has 5 rings (SSSR count). The third-order valence-electron chi connectivity index (χ3n) is 6.03. The number of hydrogen-bond acceptors (Lipinski definition) is 7. The fourth-order valence-corrected chi connectivity index (χ4v) is 4.25. The second-order valence-corrected chi connectivity index (χ2v) is 8.74. The normalized spacial score (nSPS) is 13.1. The molecule has 0 aliphatic carbocycles. The van der Waals surface area contributed by atoms with Crippen LogP contribution in [0.4, 0.5) is 0 Å². The van der Waals surface area contributed by atoms with Crippen molar-refractivity contribution in [3.8, 4) is 23.0 Å². The molecule has 3 heterocycles. The molecule has 0 radical (unpaired) electrons. The fraction of sp³-hybridized carbons (Fsp3) is 0.333. The summed E-state index contributed by atoms with van der Waals surface area (Å²) in [5.74, 6) is 3.48. The molecule has 1 aromatic heterocycles. The van der Waals surface area contributed by atoms with Gasteiger partial charge >= 0.3 is 0 Å². The Morgan fingerprint density at radius 2 is 1.50 bits per heavy atom. The summed E-state index contributed by atoms with van der Waals surface area (Å²) in [6.07, 6.45) is 0.711. The molecule has 0 unspecified atom stereocenters. The smallest absolute Gasteiger partial charge is 0.254 e. The molecule has 0 fully saturated rings. The average Bonchev–Trinajstić information content (AvgIpc) is 3.63. The van der Waals surface area contributed by atoms with Gasteiger partial charge in [0, 0.05) is 18.7 Å². The standard InChI is InChI=1S/C27H28N2O7/c1-3-10-28(27(31)20-6-9-23-25(12-20)35-17-33-23)15-26(30)29(14-21-7-4-18(2)36-21)13-19-5-8-22-24(11-19)34-16-32-22/h4-9,11-12H,3,10,13-17H2,1-2H3. The highest BCUT2D eigenvalue weighted by Gasteiger charge is 2.25. The van der Waals surface area contributed by atoms with Crippen LogP contribution in [-0.2, 0) is 17.9 Å². The van der Waals surface area contributed by atoms with Crippen LogP contribution >= 0.6 is 0 Å². The molecule has 36 heavy (non-hydrogen) atoms. The minimum absolute atomic E-state index is 0.0641. The molecule has 9 nitrogen and oxygen atoms in total. The van der Waals surface area contributed by atoms with Gasteiger partial charge in [0.2, 0.25) is 19.5 Å². The summed E-state index contributed by atoms with van der Waals surface area (Å²) >= 11 is 0. The largest absolute Gasteiger partial charge is 0.464 e. The van der Waals surface area contributed by atoms with Gasteiger partial charge in [-0.15, -0.1) is 0 Å². The Bertz CT molecular complexity index is 1270. The quantitative estimate of drug-likeness (QED) is 0.444. The summed E-state index contributed by atoms with van der Waals surface area (Å²) in [5.41, 5.74) is 1.34. The van der Waals surface area contributed by atoms with E-state index >= 15 is 0 Å². The van der Waals surface area contributed by atoms with Crippen LogP contribution < -0.4 is 18.9 Å². The lowest BCUT2D eigenvalue weighted by Gasteiger charge is -2.27. The second-order valence-electron chi connectivity index (χ2n) is 8.74. The van der Waals surface area contributed by atoms with Gasteiger partial charge in [0.1, 0.15) is 18.1 Å². The molecular weight excluding hydrogens is 464 g/mol. The van der Waals surface area contributed by atoms with Gasteiger partial charge in [-0.1, -0.05) is 13.0 Å². The minimum atomic E-state index is -0.236. The Balaban J connectivity index is 1.35. The Labute approximate surface area is 209 Å². The highest BCUT2D eigenvalue weighted by Crippen LogP contribution is 2.34. The van der Waals surface area contributed by atoms with E-state index in [4.69, 9.17) is 23.4 Å². The van der Waals surface area contributed by atoms with Gasteiger partial charge in [0.25, 0.3) is 5.91 Å². The van der Waals surface area contributed by atoms with E-state index in [0.29, 0.717) is 53.8 Å². The topological polar surface area (TPSA) is 90.7 Å². The molecule has 2 aromatic carbocycles. The van der Waals surface area contributed by atoms with Crippen molar-refractivity contribution in [2.75, 3.05) is 26.7 Å². The molecule has 0 bridgehead atoms. The van der Waals surface area contributed by atoms with Crippen molar-refractivity contribution in [1.82, 2.24) is 9.80 Å². The number of aryl methyl sites for hydroxylation is 1. The minimum Gasteiger partial charge on any atom is -0.464 e. The van der Waals surface area contributed by atoms with E-state index in [-0.39, 0.29) is 38.5 Å². The zero-order valence-electron chi connectivity index (χ0n) is 20.3. The number of rotatable bonds is 9. The van der Waals surface area contributed by atoms with Crippen molar-refractivity contribution < 1.29 is 33.0 Å².